The fourth-order valence-corrected chi connectivity index (χ4v) is 2.15. The van der Waals surface area contributed by atoms with Gasteiger partial charge in [-0.2, -0.15) is 5.10 Å². The molecular formula is C10H18N4. The van der Waals surface area contributed by atoms with Crippen LogP contribution in [0.4, 0.5) is 11.5 Å². The Hall–Kier alpha value is -1.19. The van der Waals surface area contributed by atoms with Crippen molar-refractivity contribution < 1.29 is 0 Å². The van der Waals surface area contributed by atoms with E-state index >= 15 is 0 Å². The van der Waals surface area contributed by atoms with Gasteiger partial charge in [-0.1, -0.05) is 6.92 Å². The second-order valence-corrected chi connectivity index (χ2v) is 4.37. The van der Waals surface area contributed by atoms with Gasteiger partial charge in [0, 0.05) is 19.3 Å². The highest BCUT2D eigenvalue weighted by Crippen LogP contribution is 2.28. The van der Waals surface area contributed by atoms with Gasteiger partial charge in [0.25, 0.3) is 0 Å². The van der Waals surface area contributed by atoms with Gasteiger partial charge in [0.05, 0.1) is 5.69 Å². The van der Waals surface area contributed by atoms with E-state index in [0.29, 0.717) is 6.04 Å². The second-order valence-electron chi connectivity index (χ2n) is 4.37. The molecule has 1 saturated carbocycles. The summed E-state index contributed by atoms with van der Waals surface area (Å²) in [6, 6.07) is 0.558. The lowest BCUT2D eigenvalue weighted by molar-refractivity contribution is 0.602. The minimum atomic E-state index is 0.558. The van der Waals surface area contributed by atoms with Crippen molar-refractivity contribution in [2.45, 2.75) is 32.2 Å². The van der Waals surface area contributed by atoms with Gasteiger partial charge >= 0.3 is 0 Å². The van der Waals surface area contributed by atoms with E-state index in [4.69, 9.17) is 5.73 Å². The maximum absolute atomic E-state index is 5.81. The summed E-state index contributed by atoms with van der Waals surface area (Å²) in [5.41, 5.74) is 6.55. The third kappa shape index (κ3) is 1.84. The molecular weight excluding hydrogens is 176 g/mol. The molecule has 3 N–H and O–H groups in total. The summed E-state index contributed by atoms with van der Waals surface area (Å²) < 4.78 is 1.75. The van der Waals surface area contributed by atoms with Crippen LogP contribution in [0.3, 0.4) is 0 Å². The molecule has 1 aromatic rings. The van der Waals surface area contributed by atoms with Gasteiger partial charge in [0.15, 0.2) is 5.82 Å². The Labute approximate surface area is 84.5 Å². The van der Waals surface area contributed by atoms with E-state index in [2.05, 4.69) is 17.3 Å². The number of nitrogens with zero attached hydrogens (tertiary/aromatic N) is 2. The zero-order valence-electron chi connectivity index (χ0n) is 8.83. The quantitative estimate of drug-likeness (QED) is 0.752. The molecule has 4 heteroatoms. The van der Waals surface area contributed by atoms with Gasteiger partial charge in [-0.3, -0.25) is 4.68 Å². The van der Waals surface area contributed by atoms with Crippen molar-refractivity contribution in [3.63, 3.8) is 0 Å². The van der Waals surface area contributed by atoms with Gasteiger partial charge in [0.2, 0.25) is 0 Å². The molecule has 1 aliphatic carbocycles. The summed E-state index contributed by atoms with van der Waals surface area (Å²) in [5.74, 6) is 1.67. The van der Waals surface area contributed by atoms with Crippen LogP contribution in [0.5, 0.6) is 0 Å². The molecule has 0 spiro atoms. The number of nitrogen functional groups attached to an aromatic ring is 1. The second kappa shape index (κ2) is 3.52. The topological polar surface area (TPSA) is 55.9 Å². The van der Waals surface area contributed by atoms with Crippen LogP contribution in [-0.2, 0) is 7.05 Å². The molecule has 1 fully saturated rings. The van der Waals surface area contributed by atoms with Crippen LogP contribution < -0.4 is 11.1 Å². The number of anilines is 2. The number of hydrogen-bond donors (Lipinski definition) is 2. The van der Waals surface area contributed by atoms with Crippen molar-refractivity contribution >= 4 is 11.5 Å². The first-order chi connectivity index (χ1) is 6.65. The zero-order valence-corrected chi connectivity index (χ0v) is 8.83. The normalized spacial score (nSPS) is 26.7. The molecule has 2 atom stereocenters. The van der Waals surface area contributed by atoms with Crippen molar-refractivity contribution in [3.05, 3.63) is 6.20 Å². The van der Waals surface area contributed by atoms with Crippen molar-refractivity contribution in [1.29, 1.82) is 0 Å². The number of nitrogens with one attached hydrogen (secondary N) is 1. The molecule has 0 aliphatic heterocycles. The first-order valence-electron chi connectivity index (χ1n) is 5.21. The Morgan fingerprint density at radius 1 is 1.57 bits per heavy atom. The Morgan fingerprint density at radius 2 is 2.36 bits per heavy atom. The van der Waals surface area contributed by atoms with E-state index in [9.17, 15) is 0 Å². The van der Waals surface area contributed by atoms with E-state index in [1.54, 1.807) is 4.68 Å². The molecule has 4 nitrogen and oxygen atoms in total. The molecule has 14 heavy (non-hydrogen) atoms. The highest BCUT2D eigenvalue weighted by molar-refractivity contribution is 5.60. The summed E-state index contributed by atoms with van der Waals surface area (Å²) >= 11 is 0. The Kier molecular flexibility index (Phi) is 2.35. The van der Waals surface area contributed by atoms with Crippen LogP contribution in [-0.4, -0.2) is 15.8 Å². The number of aromatic nitrogens is 2. The lowest BCUT2D eigenvalue weighted by atomic mass is 10.1. The molecule has 1 aromatic heterocycles. The van der Waals surface area contributed by atoms with E-state index < -0.39 is 0 Å². The molecule has 2 rings (SSSR count). The molecule has 0 amide bonds. The zero-order chi connectivity index (χ0) is 10.1. The average Bonchev–Trinajstić information content (AvgIpc) is 2.61. The number of aryl methyl sites for hydroxylation is 1. The molecule has 1 aliphatic rings. The summed E-state index contributed by atoms with van der Waals surface area (Å²) in [5, 5.41) is 7.68. The van der Waals surface area contributed by atoms with Crippen molar-refractivity contribution in [1.82, 2.24) is 9.78 Å². The summed E-state index contributed by atoms with van der Waals surface area (Å²) in [6.07, 6.45) is 5.61. The number of nitrogens with two attached hydrogens (primary N) is 1. The fourth-order valence-electron chi connectivity index (χ4n) is 2.15. The summed E-state index contributed by atoms with van der Waals surface area (Å²) in [4.78, 5) is 0. The summed E-state index contributed by atoms with van der Waals surface area (Å²) in [7, 11) is 1.89. The largest absolute Gasteiger partial charge is 0.394 e. The monoisotopic (exact) mass is 194 g/mol. The smallest absolute Gasteiger partial charge is 0.171 e. The maximum Gasteiger partial charge on any atom is 0.171 e. The predicted molar refractivity (Wildman–Crippen MR) is 58.0 cm³/mol. The van der Waals surface area contributed by atoms with Crippen LogP contribution in [0.25, 0.3) is 0 Å². The molecule has 0 radical (unpaired) electrons. The van der Waals surface area contributed by atoms with Gasteiger partial charge in [-0.15, -0.1) is 0 Å². The highest BCUT2D eigenvalue weighted by atomic mass is 15.3. The van der Waals surface area contributed by atoms with Crippen molar-refractivity contribution in [2.24, 2.45) is 13.0 Å². The Morgan fingerprint density at radius 3 is 2.86 bits per heavy atom. The lowest BCUT2D eigenvalue weighted by Gasteiger charge is -2.11. The Bertz CT molecular complexity index is 318. The third-order valence-corrected chi connectivity index (χ3v) is 2.89. The minimum absolute atomic E-state index is 0.558. The highest BCUT2D eigenvalue weighted by Gasteiger charge is 2.22. The molecule has 2 unspecified atom stereocenters. The molecule has 78 valence electrons. The van der Waals surface area contributed by atoms with E-state index in [0.717, 1.165) is 17.4 Å². The number of hydrogen-bond acceptors (Lipinski definition) is 3. The number of rotatable bonds is 2. The fraction of sp³-hybridized carbons (Fsp3) is 0.700. The van der Waals surface area contributed by atoms with Gasteiger partial charge in [0.1, 0.15) is 0 Å². The summed E-state index contributed by atoms with van der Waals surface area (Å²) in [6.45, 7) is 2.30. The van der Waals surface area contributed by atoms with Crippen LogP contribution in [0.2, 0.25) is 0 Å². The molecule has 0 saturated heterocycles. The van der Waals surface area contributed by atoms with E-state index in [1.165, 1.54) is 19.3 Å². The Balaban J connectivity index is 2.00. The van der Waals surface area contributed by atoms with Gasteiger partial charge < -0.3 is 11.1 Å². The minimum Gasteiger partial charge on any atom is -0.394 e. The maximum atomic E-state index is 5.81. The van der Waals surface area contributed by atoms with Crippen molar-refractivity contribution in [2.75, 3.05) is 11.1 Å². The molecule has 0 aromatic carbocycles. The van der Waals surface area contributed by atoms with Crippen LogP contribution >= 0.6 is 0 Å². The SMILES string of the molecule is CC1CCC(Nc2nn(C)cc2N)C1. The van der Waals surface area contributed by atoms with Gasteiger partial charge in [-0.05, 0) is 25.2 Å². The van der Waals surface area contributed by atoms with E-state index in [1.807, 2.05) is 13.2 Å². The van der Waals surface area contributed by atoms with E-state index in [-0.39, 0.29) is 0 Å². The van der Waals surface area contributed by atoms with Crippen LogP contribution in [0.1, 0.15) is 26.2 Å². The predicted octanol–water partition coefficient (Wildman–Crippen LogP) is 1.60. The van der Waals surface area contributed by atoms with Crippen LogP contribution in [0.15, 0.2) is 6.20 Å². The average molecular weight is 194 g/mol. The van der Waals surface area contributed by atoms with Crippen molar-refractivity contribution in [3.8, 4) is 0 Å². The van der Waals surface area contributed by atoms with Gasteiger partial charge in [-0.25, -0.2) is 0 Å². The first kappa shape index (κ1) is 9.37. The third-order valence-electron chi connectivity index (χ3n) is 2.89. The molecule has 1 heterocycles. The lowest BCUT2D eigenvalue weighted by Crippen LogP contribution is -2.16. The van der Waals surface area contributed by atoms with Crippen LogP contribution in [0, 0.1) is 5.92 Å². The standard InChI is InChI=1S/C10H18N4/c1-7-3-4-8(5-7)12-10-9(11)6-14(2)13-10/h6-8H,3-5,11H2,1-2H3,(H,12,13). The molecule has 0 bridgehead atoms. The first-order valence-corrected chi connectivity index (χ1v) is 5.21.